The Morgan fingerprint density at radius 2 is 2.04 bits per heavy atom. The minimum atomic E-state index is -0.383. The van der Waals surface area contributed by atoms with Gasteiger partial charge in [-0.05, 0) is 37.0 Å². The van der Waals surface area contributed by atoms with Crippen LogP contribution in [0.3, 0.4) is 0 Å². The predicted octanol–water partition coefficient (Wildman–Crippen LogP) is 4.36. The minimum Gasteiger partial charge on any atom is -0.457 e. The second kappa shape index (κ2) is 7.15. The minimum absolute atomic E-state index is 0.0440. The Balaban J connectivity index is 1.34. The van der Waals surface area contributed by atoms with Gasteiger partial charge in [-0.15, -0.1) is 11.3 Å². The van der Waals surface area contributed by atoms with E-state index in [-0.39, 0.29) is 30.2 Å². The van der Waals surface area contributed by atoms with Gasteiger partial charge in [-0.25, -0.2) is 4.98 Å². The van der Waals surface area contributed by atoms with Crippen LogP contribution in [0.25, 0.3) is 0 Å². The lowest BCUT2D eigenvalue weighted by Crippen LogP contribution is -2.10. The average molecular weight is 424 g/mol. The molecule has 25 heavy (non-hydrogen) atoms. The van der Waals surface area contributed by atoms with E-state index in [2.05, 4.69) is 33.0 Å². The smallest absolute Gasteiger partial charge is 0.310 e. The van der Waals surface area contributed by atoms with Crippen molar-refractivity contribution in [2.75, 3.05) is 13.2 Å². The molecule has 2 aliphatic rings. The van der Waals surface area contributed by atoms with Gasteiger partial charge in [0.15, 0.2) is 0 Å². The quantitative estimate of drug-likeness (QED) is 0.668. The number of hydrogen-bond donors (Lipinski definition) is 0. The topological polar surface area (TPSA) is 57.7 Å². The summed E-state index contributed by atoms with van der Waals surface area (Å²) in [6.45, 7) is 3.05. The van der Waals surface area contributed by atoms with E-state index in [1.165, 1.54) is 16.9 Å². The second-order valence-electron chi connectivity index (χ2n) is 6.25. The largest absolute Gasteiger partial charge is 0.457 e. The zero-order chi connectivity index (χ0) is 17.4. The fraction of sp³-hybridized carbons (Fsp3) is 0.444. The molecule has 0 radical (unpaired) electrons. The van der Waals surface area contributed by atoms with Crippen LogP contribution in [0.15, 0.2) is 34.9 Å². The van der Waals surface area contributed by atoms with Crippen LogP contribution in [0, 0.1) is 5.92 Å². The standard InChI is InChI=1S/C18H18BrNO4S/c1-10(15-9-20-16(25-15)18-22-6-7-23-18)24-17(21)14-8-13(14)11-2-4-12(19)5-3-11/h2-5,9-10,13-14,18H,6-8H2,1H3/t10?,13-,14+/m0/s1. The highest BCUT2D eigenvalue weighted by atomic mass is 79.9. The Morgan fingerprint density at radius 1 is 1.32 bits per heavy atom. The van der Waals surface area contributed by atoms with Crippen LogP contribution in [-0.2, 0) is 19.0 Å². The highest BCUT2D eigenvalue weighted by Crippen LogP contribution is 2.49. The molecule has 1 unspecified atom stereocenters. The molecule has 7 heteroatoms. The Bertz CT molecular complexity index is 757. The number of rotatable bonds is 5. The van der Waals surface area contributed by atoms with Crippen molar-refractivity contribution in [1.82, 2.24) is 4.98 Å². The predicted molar refractivity (Wildman–Crippen MR) is 96.3 cm³/mol. The van der Waals surface area contributed by atoms with Gasteiger partial charge in [0.2, 0.25) is 6.29 Å². The first-order valence-corrected chi connectivity index (χ1v) is 9.87. The molecule has 1 aromatic heterocycles. The van der Waals surface area contributed by atoms with Crippen LogP contribution in [0.2, 0.25) is 0 Å². The lowest BCUT2D eigenvalue weighted by atomic mass is 10.1. The molecule has 0 N–H and O–H groups in total. The maximum Gasteiger partial charge on any atom is 0.310 e. The number of nitrogens with zero attached hydrogens (tertiary/aromatic N) is 1. The van der Waals surface area contributed by atoms with Gasteiger partial charge in [-0.1, -0.05) is 28.1 Å². The van der Waals surface area contributed by atoms with Gasteiger partial charge in [-0.2, -0.15) is 0 Å². The molecule has 1 aromatic carbocycles. The number of carbonyl (C=O) groups excluding carboxylic acids is 1. The molecule has 132 valence electrons. The lowest BCUT2D eigenvalue weighted by molar-refractivity contribution is -0.150. The normalized spacial score (nSPS) is 24.2. The summed E-state index contributed by atoms with van der Waals surface area (Å²) in [6.07, 6.45) is 1.89. The third-order valence-corrected chi connectivity index (χ3v) is 6.16. The van der Waals surface area contributed by atoms with E-state index in [1.54, 1.807) is 6.20 Å². The molecule has 5 nitrogen and oxygen atoms in total. The number of aromatic nitrogens is 1. The number of hydrogen-bond acceptors (Lipinski definition) is 6. The lowest BCUT2D eigenvalue weighted by Gasteiger charge is -2.11. The van der Waals surface area contributed by atoms with Crippen molar-refractivity contribution in [1.29, 1.82) is 0 Å². The zero-order valence-electron chi connectivity index (χ0n) is 13.7. The van der Waals surface area contributed by atoms with Gasteiger partial charge in [0.25, 0.3) is 0 Å². The van der Waals surface area contributed by atoms with Crippen LogP contribution in [0.4, 0.5) is 0 Å². The van der Waals surface area contributed by atoms with Gasteiger partial charge in [0, 0.05) is 10.7 Å². The van der Waals surface area contributed by atoms with E-state index in [0.29, 0.717) is 13.2 Å². The summed E-state index contributed by atoms with van der Waals surface area (Å²) in [6, 6.07) is 8.13. The summed E-state index contributed by atoms with van der Waals surface area (Å²) < 4.78 is 17.6. The third-order valence-electron chi connectivity index (χ3n) is 4.45. The Kier molecular flexibility index (Phi) is 4.90. The number of benzene rings is 1. The van der Waals surface area contributed by atoms with Crippen LogP contribution < -0.4 is 0 Å². The van der Waals surface area contributed by atoms with Crippen LogP contribution in [0.5, 0.6) is 0 Å². The van der Waals surface area contributed by atoms with Crippen molar-refractivity contribution in [3.8, 4) is 0 Å². The number of carbonyl (C=O) groups is 1. The maximum atomic E-state index is 12.4. The first kappa shape index (κ1) is 17.1. The molecule has 1 saturated carbocycles. The molecule has 2 aromatic rings. The van der Waals surface area contributed by atoms with E-state index < -0.39 is 0 Å². The van der Waals surface area contributed by atoms with Crippen LogP contribution in [-0.4, -0.2) is 24.2 Å². The van der Waals surface area contributed by atoms with Crippen molar-refractivity contribution in [3.63, 3.8) is 0 Å². The van der Waals surface area contributed by atoms with E-state index in [0.717, 1.165) is 20.8 Å². The number of halogens is 1. The van der Waals surface area contributed by atoms with Crippen LogP contribution >= 0.6 is 27.3 Å². The molecule has 4 rings (SSSR count). The molecule has 1 aliphatic heterocycles. The van der Waals surface area contributed by atoms with Gasteiger partial charge >= 0.3 is 5.97 Å². The molecule has 0 bridgehead atoms. The summed E-state index contributed by atoms with van der Waals surface area (Å²) in [5.41, 5.74) is 1.19. The highest BCUT2D eigenvalue weighted by Gasteiger charge is 2.45. The van der Waals surface area contributed by atoms with E-state index in [4.69, 9.17) is 14.2 Å². The molecule has 3 atom stereocenters. The first-order chi connectivity index (χ1) is 12.1. The number of ether oxygens (including phenoxy) is 3. The number of esters is 1. The van der Waals surface area contributed by atoms with Gasteiger partial charge in [-0.3, -0.25) is 4.79 Å². The van der Waals surface area contributed by atoms with Crippen molar-refractivity contribution in [2.24, 2.45) is 5.92 Å². The molecule has 0 spiro atoms. The third kappa shape index (κ3) is 3.79. The summed E-state index contributed by atoms with van der Waals surface area (Å²) in [4.78, 5) is 17.6. The van der Waals surface area contributed by atoms with Crippen molar-refractivity contribution in [2.45, 2.75) is 31.7 Å². The molecule has 0 amide bonds. The summed E-state index contributed by atoms with van der Waals surface area (Å²) >= 11 is 4.90. The second-order valence-corrected chi connectivity index (χ2v) is 8.26. The van der Waals surface area contributed by atoms with Crippen molar-refractivity contribution < 1.29 is 19.0 Å². The van der Waals surface area contributed by atoms with Gasteiger partial charge in [0.1, 0.15) is 11.1 Å². The fourth-order valence-electron chi connectivity index (χ4n) is 2.95. The highest BCUT2D eigenvalue weighted by molar-refractivity contribution is 9.10. The Labute approximate surface area is 158 Å². The molecular formula is C18H18BrNO4S. The molecule has 2 heterocycles. The van der Waals surface area contributed by atoms with Gasteiger partial charge < -0.3 is 14.2 Å². The van der Waals surface area contributed by atoms with E-state index in [9.17, 15) is 4.79 Å². The van der Waals surface area contributed by atoms with E-state index >= 15 is 0 Å². The van der Waals surface area contributed by atoms with Gasteiger partial charge in [0.05, 0.1) is 24.0 Å². The Hall–Kier alpha value is -1.28. The summed E-state index contributed by atoms with van der Waals surface area (Å²) in [5, 5.41) is 0.773. The maximum absolute atomic E-state index is 12.4. The Morgan fingerprint density at radius 3 is 2.76 bits per heavy atom. The zero-order valence-corrected chi connectivity index (χ0v) is 16.1. The first-order valence-electron chi connectivity index (χ1n) is 8.26. The monoisotopic (exact) mass is 423 g/mol. The molecule has 1 saturated heterocycles. The summed E-state index contributed by atoms with van der Waals surface area (Å²) in [5.74, 6) is 0.0892. The van der Waals surface area contributed by atoms with Crippen molar-refractivity contribution in [3.05, 3.63) is 50.4 Å². The van der Waals surface area contributed by atoms with Crippen LogP contribution in [0.1, 0.15) is 47.1 Å². The molecule has 1 aliphatic carbocycles. The average Bonchev–Trinajstić information content (AvgIpc) is 3.00. The fourth-order valence-corrected chi connectivity index (χ4v) is 4.12. The summed E-state index contributed by atoms with van der Waals surface area (Å²) in [7, 11) is 0. The molecular weight excluding hydrogens is 406 g/mol. The SMILES string of the molecule is CC(OC(=O)[C@@H]1C[C@H]1c1ccc(Br)cc1)c1cnc(C2OCCO2)s1. The molecule has 2 fully saturated rings. The van der Waals surface area contributed by atoms with Crippen molar-refractivity contribution >= 4 is 33.2 Å². The van der Waals surface area contributed by atoms with E-state index in [1.807, 2.05) is 19.1 Å². The number of thiazole rings is 1.